The van der Waals surface area contributed by atoms with E-state index in [-0.39, 0.29) is 11.8 Å². The number of halogens is 1. The molecule has 3 rings (SSSR count). The van der Waals surface area contributed by atoms with Gasteiger partial charge in [-0.05, 0) is 63.4 Å². The van der Waals surface area contributed by atoms with Crippen LogP contribution in [0.4, 0.5) is 0 Å². The molecule has 1 aromatic carbocycles. The molecule has 2 aliphatic rings. The van der Waals surface area contributed by atoms with E-state index in [1.54, 1.807) is 7.11 Å². The second-order valence-electron chi connectivity index (χ2n) is 6.66. The highest BCUT2D eigenvalue weighted by molar-refractivity contribution is 6.32. The number of rotatable bonds is 5. The molecule has 0 spiro atoms. The predicted octanol–water partition coefficient (Wildman–Crippen LogP) is 3.40. The van der Waals surface area contributed by atoms with Crippen LogP contribution in [0.5, 0.6) is 5.75 Å². The molecule has 1 amide bonds. The van der Waals surface area contributed by atoms with Gasteiger partial charge < -0.3 is 10.1 Å². The monoisotopic (exact) mass is 336 g/mol. The van der Waals surface area contributed by atoms with Crippen LogP contribution in [0.15, 0.2) is 18.2 Å². The number of ether oxygens (including phenoxy) is 1. The predicted molar refractivity (Wildman–Crippen MR) is 91.9 cm³/mol. The normalized spacial score (nSPS) is 21.0. The van der Waals surface area contributed by atoms with Gasteiger partial charge in [0.05, 0.1) is 12.1 Å². The van der Waals surface area contributed by atoms with E-state index in [1.165, 1.54) is 5.56 Å². The van der Waals surface area contributed by atoms with E-state index in [0.29, 0.717) is 22.9 Å². The minimum Gasteiger partial charge on any atom is -0.495 e. The molecule has 23 heavy (non-hydrogen) atoms. The minimum atomic E-state index is 0.179. The average molecular weight is 337 g/mol. The van der Waals surface area contributed by atoms with Crippen LogP contribution in [0.2, 0.25) is 5.02 Å². The third-order valence-electron chi connectivity index (χ3n) is 5.03. The molecule has 1 aliphatic heterocycles. The lowest BCUT2D eigenvalue weighted by atomic mass is 9.94. The van der Waals surface area contributed by atoms with E-state index < -0.39 is 0 Å². The molecule has 0 radical (unpaired) electrons. The lowest BCUT2D eigenvalue weighted by Gasteiger charge is -2.35. The molecule has 4 nitrogen and oxygen atoms in total. The van der Waals surface area contributed by atoms with Crippen molar-refractivity contribution < 1.29 is 9.53 Å². The zero-order valence-electron chi connectivity index (χ0n) is 13.8. The number of piperidine rings is 1. The fourth-order valence-electron chi connectivity index (χ4n) is 3.25. The van der Waals surface area contributed by atoms with E-state index in [4.69, 9.17) is 16.3 Å². The summed E-state index contributed by atoms with van der Waals surface area (Å²) in [6, 6.07) is 6.73. The molecule has 0 bridgehead atoms. The average Bonchev–Trinajstić information content (AvgIpc) is 3.38. The molecule has 1 aliphatic carbocycles. The zero-order chi connectivity index (χ0) is 16.4. The Balaban J connectivity index is 1.56. The summed E-state index contributed by atoms with van der Waals surface area (Å²) in [5, 5.41) is 3.78. The molecule has 0 aromatic heterocycles. The Morgan fingerprint density at radius 2 is 2.00 bits per heavy atom. The van der Waals surface area contributed by atoms with Gasteiger partial charge in [0.15, 0.2) is 0 Å². The van der Waals surface area contributed by atoms with Crippen LogP contribution in [0.3, 0.4) is 0 Å². The van der Waals surface area contributed by atoms with Crippen LogP contribution >= 0.6 is 11.6 Å². The number of hydrogen-bond acceptors (Lipinski definition) is 3. The third-order valence-corrected chi connectivity index (χ3v) is 5.33. The molecule has 1 atom stereocenters. The summed E-state index contributed by atoms with van der Waals surface area (Å²) >= 11 is 6.24. The van der Waals surface area contributed by atoms with Crippen LogP contribution in [0.1, 0.15) is 44.2 Å². The first-order valence-corrected chi connectivity index (χ1v) is 8.84. The molecule has 1 N–H and O–H groups in total. The van der Waals surface area contributed by atoms with E-state index in [2.05, 4.69) is 23.2 Å². The number of carbonyl (C=O) groups is 1. The van der Waals surface area contributed by atoms with Crippen molar-refractivity contribution in [1.29, 1.82) is 0 Å². The van der Waals surface area contributed by atoms with Crippen molar-refractivity contribution in [2.45, 2.75) is 44.7 Å². The Labute approximate surface area is 143 Å². The quantitative estimate of drug-likeness (QED) is 0.896. The molecule has 0 unspecified atom stereocenters. The maximum Gasteiger partial charge on any atom is 0.223 e. The molecule has 126 valence electrons. The number of hydrogen-bond donors (Lipinski definition) is 1. The topological polar surface area (TPSA) is 41.6 Å². The largest absolute Gasteiger partial charge is 0.495 e. The lowest BCUT2D eigenvalue weighted by Crippen LogP contribution is -2.41. The summed E-state index contributed by atoms with van der Waals surface area (Å²) in [5.74, 6) is 1.14. The van der Waals surface area contributed by atoms with Gasteiger partial charge in [0.25, 0.3) is 0 Å². The first-order chi connectivity index (χ1) is 11.1. The van der Waals surface area contributed by atoms with E-state index in [9.17, 15) is 4.79 Å². The third kappa shape index (κ3) is 3.99. The number of carbonyl (C=O) groups excluding carboxylic acids is 1. The molecular weight excluding hydrogens is 312 g/mol. The number of benzene rings is 1. The van der Waals surface area contributed by atoms with Crippen LogP contribution in [-0.4, -0.2) is 37.0 Å². The highest BCUT2D eigenvalue weighted by atomic mass is 35.5. The summed E-state index contributed by atoms with van der Waals surface area (Å²) in [6.45, 7) is 4.10. The Morgan fingerprint density at radius 3 is 2.57 bits per heavy atom. The van der Waals surface area contributed by atoms with Crippen LogP contribution in [0.25, 0.3) is 0 Å². The molecule has 1 saturated heterocycles. The molecule has 1 saturated carbocycles. The Hall–Kier alpha value is -1.26. The standard InChI is InChI=1S/C18H25ClN2O2/c1-12(14-3-6-17(23-2)16(19)11-14)21-9-7-13(8-10-21)18(22)20-15-4-5-15/h3,6,11-13,15H,4-5,7-10H2,1-2H3,(H,20,22)/t12-/m0/s1. The molecule has 1 aromatic rings. The number of likely N-dealkylation sites (tertiary alicyclic amines) is 1. The van der Waals surface area contributed by atoms with Gasteiger partial charge in [-0.2, -0.15) is 0 Å². The minimum absolute atomic E-state index is 0.179. The number of methoxy groups -OCH3 is 1. The van der Waals surface area contributed by atoms with Crippen molar-refractivity contribution in [3.8, 4) is 5.75 Å². The Bertz CT molecular complexity index is 566. The second-order valence-corrected chi connectivity index (χ2v) is 7.07. The van der Waals surface area contributed by atoms with Crippen molar-refractivity contribution in [1.82, 2.24) is 10.2 Å². The number of nitrogens with one attached hydrogen (secondary N) is 1. The molecule has 1 heterocycles. The zero-order valence-corrected chi connectivity index (χ0v) is 14.6. The SMILES string of the molecule is COc1ccc([C@H](C)N2CCC(C(=O)NC3CC3)CC2)cc1Cl. The van der Waals surface area contributed by atoms with Crippen molar-refractivity contribution in [2.75, 3.05) is 20.2 Å². The van der Waals surface area contributed by atoms with Gasteiger partial charge in [-0.15, -0.1) is 0 Å². The van der Waals surface area contributed by atoms with Gasteiger partial charge in [0.1, 0.15) is 5.75 Å². The van der Waals surface area contributed by atoms with Gasteiger partial charge >= 0.3 is 0 Å². The number of nitrogens with zero attached hydrogens (tertiary/aromatic N) is 1. The Kier molecular flexibility index (Phi) is 5.12. The highest BCUT2D eigenvalue weighted by Crippen LogP contribution is 2.32. The molecule has 2 fully saturated rings. The van der Waals surface area contributed by atoms with Crippen LogP contribution < -0.4 is 10.1 Å². The maximum atomic E-state index is 12.1. The fraction of sp³-hybridized carbons (Fsp3) is 0.611. The van der Waals surface area contributed by atoms with Crippen molar-refractivity contribution in [3.05, 3.63) is 28.8 Å². The van der Waals surface area contributed by atoms with E-state index in [0.717, 1.165) is 38.8 Å². The van der Waals surface area contributed by atoms with Crippen LogP contribution in [-0.2, 0) is 4.79 Å². The number of amides is 1. The summed E-state index contributed by atoms with van der Waals surface area (Å²) in [5.41, 5.74) is 1.19. The van der Waals surface area contributed by atoms with E-state index in [1.807, 2.05) is 12.1 Å². The van der Waals surface area contributed by atoms with Crippen molar-refractivity contribution >= 4 is 17.5 Å². The van der Waals surface area contributed by atoms with Gasteiger partial charge in [-0.3, -0.25) is 9.69 Å². The van der Waals surface area contributed by atoms with Gasteiger partial charge in [0.2, 0.25) is 5.91 Å². The lowest BCUT2D eigenvalue weighted by molar-refractivity contribution is -0.126. The Morgan fingerprint density at radius 1 is 1.30 bits per heavy atom. The fourth-order valence-corrected chi connectivity index (χ4v) is 3.52. The second kappa shape index (κ2) is 7.10. The van der Waals surface area contributed by atoms with E-state index >= 15 is 0 Å². The highest BCUT2D eigenvalue weighted by Gasteiger charge is 2.31. The first kappa shape index (κ1) is 16.6. The summed E-state index contributed by atoms with van der Waals surface area (Å²) < 4.78 is 5.21. The smallest absolute Gasteiger partial charge is 0.223 e. The summed E-state index contributed by atoms with van der Waals surface area (Å²) in [6.07, 6.45) is 4.18. The van der Waals surface area contributed by atoms with Gasteiger partial charge in [-0.25, -0.2) is 0 Å². The molecule has 5 heteroatoms. The summed E-state index contributed by atoms with van der Waals surface area (Å²) in [7, 11) is 1.63. The van der Waals surface area contributed by atoms with Crippen molar-refractivity contribution in [2.24, 2.45) is 5.92 Å². The summed E-state index contributed by atoms with van der Waals surface area (Å²) in [4.78, 5) is 14.6. The van der Waals surface area contributed by atoms with Crippen molar-refractivity contribution in [3.63, 3.8) is 0 Å². The molecular formula is C18H25ClN2O2. The van der Waals surface area contributed by atoms with Gasteiger partial charge in [0, 0.05) is 18.0 Å². The van der Waals surface area contributed by atoms with Crippen LogP contribution in [0, 0.1) is 5.92 Å². The maximum absolute atomic E-state index is 12.1. The van der Waals surface area contributed by atoms with Gasteiger partial charge in [-0.1, -0.05) is 17.7 Å². The first-order valence-electron chi connectivity index (χ1n) is 8.46.